The zero-order valence-corrected chi connectivity index (χ0v) is 14.1. The Bertz CT molecular complexity index is 700. The molecule has 1 atom stereocenters. The molecule has 4 rings (SSSR count). The molecule has 2 aliphatic rings. The molecule has 0 saturated carbocycles. The molecule has 0 unspecified atom stereocenters. The fourth-order valence-electron chi connectivity index (χ4n) is 3.50. The second kappa shape index (κ2) is 6.91. The summed E-state index contributed by atoms with van der Waals surface area (Å²) in [4.78, 5) is 2.46. The molecule has 0 amide bonds. The third-order valence-corrected chi connectivity index (χ3v) is 4.90. The van der Waals surface area contributed by atoms with Gasteiger partial charge in [0.1, 0.15) is 18.2 Å². The van der Waals surface area contributed by atoms with Gasteiger partial charge in [-0.2, -0.15) is 0 Å². The minimum absolute atomic E-state index is 0.0228. The number of nitrogens with zero attached hydrogens (tertiary/aromatic N) is 4. The quantitative estimate of drug-likeness (QED) is 0.838. The van der Waals surface area contributed by atoms with Crippen molar-refractivity contribution in [2.75, 3.05) is 32.8 Å². The van der Waals surface area contributed by atoms with Crippen LogP contribution in [0, 0.1) is 0 Å². The largest absolute Gasteiger partial charge is 0.493 e. The van der Waals surface area contributed by atoms with Crippen molar-refractivity contribution in [3.63, 3.8) is 0 Å². The zero-order valence-electron chi connectivity index (χ0n) is 14.1. The fourth-order valence-corrected chi connectivity index (χ4v) is 3.50. The summed E-state index contributed by atoms with van der Waals surface area (Å²) in [6.45, 7) is 7.45. The monoisotopic (exact) mass is 328 g/mol. The third-order valence-electron chi connectivity index (χ3n) is 4.90. The smallest absolute Gasteiger partial charge is 0.163 e. The van der Waals surface area contributed by atoms with Crippen LogP contribution in [-0.4, -0.2) is 52.5 Å². The lowest BCUT2D eigenvalue weighted by Crippen LogP contribution is -2.40. The molecular weight excluding hydrogens is 304 g/mol. The van der Waals surface area contributed by atoms with E-state index in [0.29, 0.717) is 0 Å². The summed E-state index contributed by atoms with van der Waals surface area (Å²) in [5, 5.41) is 8.27. The van der Waals surface area contributed by atoms with Crippen molar-refractivity contribution in [3.05, 3.63) is 41.5 Å². The van der Waals surface area contributed by atoms with E-state index >= 15 is 0 Å². The van der Waals surface area contributed by atoms with Crippen LogP contribution in [0.4, 0.5) is 0 Å². The number of aryl methyl sites for hydroxylation is 1. The lowest BCUT2D eigenvalue weighted by molar-refractivity contribution is -0.0356. The predicted molar refractivity (Wildman–Crippen MR) is 90.2 cm³/mol. The first-order valence-corrected chi connectivity index (χ1v) is 8.79. The Balaban J connectivity index is 1.37. The molecule has 0 N–H and O–H groups in total. The Morgan fingerprint density at radius 3 is 3.17 bits per heavy atom. The lowest BCUT2D eigenvalue weighted by atomic mass is 10.1. The van der Waals surface area contributed by atoms with Gasteiger partial charge in [-0.1, -0.05) is 12.1 Å². The molecule has 1 aromatic carbocycles. The van der Waals surface area contributed by atoms with E-state index in [2.05, 4.69) is 44.8 Å². The highest BCUT2D eigenvalue weighted by Crippen LogP contribution is 2.26. The van der Waals surface area contributed by atoms with Crippen LogP contribution in [0.5, 0.6) is 5.75 Å². The van der Waals surface area contributed by atoms with E-state index in [1.54, 1.807) is 6.33 Å². The summed E-state index contributed by atoms with van der Waals surface area (Å²) in [5.74, 6) is 2.00. The lowest BCUT2D eigenvalue weighted by Gasteiger charge is -2.32. The Labute approximate surface area is 142 Å². The van der Waals surface area contributed by atoms with Gasteiger partial charge in [0.15, 0.2) is 5.82 Å². The van der Waals surface area contributed by atoms with Gasteiger partial charge < -0.3 is 14.0 Å². The van der Waals surface area contributed by atoms with Crippen molar-refractivity contribution in [2.24, 2.45) is 0 Å². The Kier molecular flexibility index (Phi) is 4.49. The summed E-state index contributed by atoms with van der Waals surface area (Å²) in [6.07, 6.45) is 3.90. The van der Waals surface area contributed by atoms with Gasteiger partial charge in [0.05, 0.1) is 13.2 Å². The second-order valence-electron chi connectivity index (χ2n) is 6.43. The molecule has 3 heterocycles. The summed E-state index contributed by atoms with van der Waals surface area (Å²) in [7, 11) is 0. The highest BCUT2D eigenvalue weighted by molar-refractivity contribution is 5.39. The number of rotatable bonds is 5. The van der Waals surface area contributed by atoms with Crippen molar-refractivity contribution < 1.29 is 9.47 Å². The molecule has 6 nitrogen and oxygen atoms in total. The summed E-state index contributed by atoms with van der Waals surface area (Å²) in [5.41, 5.74) is 2.74. The maximum atomic E-state index is 5.93. The molecule has 24 heavy (non-hydrogen) atoms. The minimum atomic E-state index is 0.0228. The van der Waals surface area contributed by atoms with E-state index in [4.69, 9.17) is 9.47 Å². The SMILES string of the molecule is CCn1cnnc1[C@H]1CN(CCc2ccc3c(c2)CCO3)CCO1. The molecule has 1 aromatic heterocycles. The van der Waals surface area contributed by atoms with Gasteiger partial charge >= 0.3 is 0 Å². The van der Waals surface area contributed by atoms with Crippen molar-refractivity contribution in [2.45, 2.75) is 32.4 Å². The fraction of sp³-hybridized carbons (Fsp3) is 0.556. The highest BCUT2D eigenvalue weighted by Gasteiger charge is 2.25. The number of hydrogen-bond donors (Lipinski definition) is 0. The van der Waals surface area contributed by atoms with Crippen LogP contribution in [0.1, 0.15) is 30.0 Å². The maximum absolute atomic E-state index is 5.93. The van der Waals surface area contributed by atoms with Gasteiger partial charge in [-0.3, -0.25) is 4.90 Å². The van der Waals surface area contributed by atoms with E-state index in [1.807, 2.05) is 0 Å². The third kappa shape index (κ3) is 3.16. The second-order valence-corrected chi connectivity index (χ2v) is 6.43. The molecule has 0 spiro atoms. The van der Waals surface area contributed by atoms with Crippen LogP contribution in [0.2, 0.25) is 0 Å². The van der Waals surface area contributed by atoms with Gasteiger partial charge in [-0.25, -0.2) is 0 Å². The number of hydrogen-bond acceptors (Lipinski definition) is 5. The number of ether oxygens (including phenoxy) is 2. The van der Waals surface area contributed by atoms with Crippen molar-refractivity contribution in [3.8, 4) is 5.75 Å². The Morgan fingerprint density at radius 2 is 2.25 bits per heavy atom. The number of benzene rings is 1. The standard InChI is InChI=1S/C18H24N4O2/c1-2-22-13-19-20-18(22)17-12-21(8-10-24-17)7-5-14-3-4-16-15(11-14)6-9-23-16/h3-4,11,13,17H,2,5-10,12H2,1H3/t17-/m1/s1. The minimum Gasteiger partial charge on any atom is -0.493 e. The molecule has 128 valence electrons. The van der Waals surface area contributed by atoms with Crippen molar-refractivity contribution >= 4 is 0 Å². The van der Waals surface area contributed by atoms with Crippen molar-refractivity contribution in [1.82, 2.24) is 19.7 Å². The first-order valence-electron chi connectivity index (χ1n) is 8.79. The summed E-state index contributed by atoms with van der Waals surface area (Å²) >= 11 is 0. The molecule has 0 bridgehead atoms. The number of fused-ring (bicyclic) bond motifs is 1. The summed E-state index contributed by atoms with van der Waals surface area (Å²) in [6, 6.07) is 6.60. The average molecular weight is 328 g/mol. The molecular formula is C18H24N4O2. The Hall–Kier alpha value is -1.92. The Morgan fingerprint density at radius 1 is 1.29 bits per heavy atom. The summed E-state index contributed by atoms with van der Waals surface area (Å²) < 4.78 is 13.6. The molecule has 2 aromatic rings. The van der Waals surface area contributed by atoms with E-state index in [0.717, 1.165) is 63.8 Å². The van der Waals surface area contributed by atoms with Gasteiger partial charge in [0, 0.05) is 32.6 Å². The normalized spacial score (nSPS) is 20.8. The molecule has 0 radical (unpaired) electrons. The first kappa shape index (κ1) is 15.6. The predicted octanol–water partition coefficient (Wildman–Crippen LogP) is 1.85. The van der Waals surface area contributed by atoms with E-state index in [1.165, 1.54) is 11.1 Å². The van der Waals surface area contributed by atoms with Gasteiger partial charge in [0.2, 0.25) is 0 Å². The van der Waals surface area contributed by atoms with Gasteiger partial charge in [-0.15, -0.1) is 10.2 Å². The zero-order chi connectivity index (χ0) is 16.4. The average Bonchev–Trinajstić information content (AvgIpc) is 3.28. The molecule has 1 fully saturated rings. The van der Waals surface area contributed by atoms with Crippen LogP contribution >= 0.6 is 0 Å². The van der Waals surface area contributed by atoms with Crippen LogP contribution in [0.3, 0.4) is 0 Å². The van der Waals surface area contributed by atoms with E-state index < -0.39 is 0 Å². The van der Waals surface area contributed by atoms with Crippen LogP contribution in [0.25, 0.3) is 0 Å². The molecule has 2 aliphatic heterocycles. The number of morpholine rings is 1. The highest BCUT2D eigenvalue weighted by atomic mass is 16.5. The van der Waals surface area contributed by atoms with Crippen LogP contribution in [0.15, 0.2) is 24.5 Å². The van der Waals surface area contributed by atoms with Crippen LogP contribution in [-0.2, 0) is 24.1 Å². The number of aromatic nitrogens is 3. The van der Waals surface area contributed by atoms with E-state index in [-0.39, 0.29) is 6.10 Å². The van der Waals surface area contributed by atoms with E-state index in [9.17, 15) is 0 Å². The van der Waals surface area contributed by atoms with Crippen molar-refractivity contribution in [1.29, 1.82) is 0 Å². The van der Waals surface area contributed by atoms with Gasteiger partial charge in [-0.05, 0) is 30.5 Å². The topological polar surface area (TPSA) is 52.4 Å². The molecule has 1 saturated heterocycles. The molecule has 6 heteroatoms. The first-order chi connectivity index (χ1) is 11.8. The molecule has 0 aliphatic carbocycles. The van der Waals surface area contributed by atoms with Gasteiger partial charge in [0.25, 0.3) is 0 Å². The van der Waals surface area contributed by atoms with Crippen LogP contribution < -0.4 is 4.74 Å². The maximum Gasteiger partial charge on any atom is 0.163 e.